The molecule has 2 atom stereocenters. The SMILES string of the molecule is CN1CCN(CC(=O)N(C)c2ccc(N=C(c3ccccc3)c3c(O)n(C(=O)N4C[C@@H]5C[C@H]4CN5)c4cc(C(=O)O)ccc34)cc2)CC1. The van der Waals surface area contributed by atoms with E-state index in [1.807, 2.05) is 54.6 Å². The molecule has 12 nitrogen and oxygen atoms in total. The van der Waals surface area contributed by atoms with Gasteiger partial charge in [0, 0.05) is 75.0 Å². The Kier molecular flexibility index (Phi) is 8.46. The van der Waals surface area contributed by atoms with E-state index in [4.69, 9.17) is 4.99 Å². The van der Waals surface area contributed by atoms with Gasteiger partial charge in [0.25, 0.3) is 0 Å². The molecule has 12 heteroatoms. The number of carbonyl (C=O) groups is 3. The van der Waals surface area contributed by atoms with Crippen LogP contribution in [-0.4, -0.2) is 125 Å². The second-order valence-electron chi connectivity index (χ2n) is 12.9. The normalized spacial score (nSPS) is 20.0. The Labute approximate surface area is 278 Å². The third kappa shape index (κ3) is 5.94. The molecular weight excluding hydrogens is 610 g/mol. The summed E-state index contributed by atoms with van der Waals surface area (Å²) in [5.74, 6) is -1.43. The summed E-state index contributed by atoms with van der Waals surface area (Å²) in [6.45, 7) is 5.12. The fraction of sp³-hybridized carbons (Fsp3) is 0.333. The predicted molar refractivity (Wildman–Crippen MR) is 184 cm³/mol. The van der Waals surface area contributed by atoms with Crippen molar-refractivity contribution in [2.24, 2.45) is 4.99 Å². The highest BCUT2D eigenvalue weighted by molar-refractivity contribution is 6.23. The van der Waals surface area contributed by atoms with Crippen molar-refractivity contribution in [3.05, 3.63) is 89.5 Å². The van der Waals surface area contributed by atoms with Gasteiger partial charge in [-0.05, 0) is 49.9 Å². The van der Waals surface area contributed by atoms with Crippen molar-refractivity contribution < 1.29 is 24.6 Å². The molecule has 4 heterocycles. The van der Waals surface area contributed by atoms with Gasteiger partial charge in [-0.15, -0.1) is 0 Å². The number of hydrogen-bond acceptors (Lipinski definition) is 8. The molecule has 3 N–H and O–H groups in total. The summed E-state index contributed by atoms with van der Waals surface area (Å²) >= 11 is 0. The first-order valence-electron chi connectivity index (χ1n) is 16.2. The minimum absolute atomic E-state index is 0.00204. The molecule has 1 aromatic heterocycles. The molecule has 0 saturated carbocycles. The van der Waals surface area contributed by atoms with Gasteiger partial charge in [0.05, 0.1) is 34.6 Å². The van der Waals surface area contributed by atoms with Gasteiger partial charge in [0.2, 0.25) is 11.8 Å². The number of hydrogen-bond donors (Lipinski definition) is 3. The first-order valence-corrected chi connectivity index (χ1v) is 16.2. The first kappa shape index (κ1) is 31.6. The maximum Gasteiger partial charge on any atom is 0.335 e. The monoisotopic (exact) mass is 649 g/mol. The number of nitrogens with one attached hydrogen (secondary N) is 1. The van der Waals surface area contributed by atoms with Crippen LogP contribution >= 0.6 is 0 Å². The lowest BCUT2D eigenvalue weighted by Crippen LogP contribution is -2.48. The fourth-order valence-electron chi connectivity index (χ4n) is 6.95. The number of aromatic hydroxyl groups is 1. The summed E-state index contributed by atoms with van der Waals surface area (Å²) in [5, 5.41) is 25.6. The van der Waals surface area contributed by atoms with Crippen LogP contribution in [0.25, 0.3) is 10.9 Å². The molecule has 3 aliphatic heterocycles. The molecule has 3 aliphatic rings. The van der Waals surface area contributed by atoms with Crippen molar-refractivity contribution in [1.29, 1.82) is 0 Å². The number of likely N-dealkylation sites (N-methyl/N-ethyl adjacent to an activating group) is 2. The number of aromatic nitrogens is 1. The van der Waals surface area contributed by atoms with Crippen molar-refractivity contribution in [3.8, 4) is 5.88 Å². The van der Waals surface area contributed by atoms with Gasteiger partial charge in [-0.1, -0.05) is 36.4 Å². The molecule has 48 heavy (non-hydrogen) atoms. The summed E-state index contributed by atoms with van der Waals surface area (Å²) < 4.78 is 1.22. The van der Waals surface area contributed by atoms with Crippen molar-refractivity contribution in [1.82, 2.24) is 24.6 Å². The molecule has 0 aliphatic carbocycles. The molecule has 0 radical (unpaired) electrons. The lowest BCUT2D eigenvalue weighted by molar-refractivity contribution is -0.119. The Morgan fingerprint density at radius 2 is 1.69 bits per heavy atom. The van der Waals surface area contributed by atoms with Gasteiger partial charge < -0.3 is 30.2 Å². The number of carboxylic acid groups (broad SMARTS) is 1. The Hall–Kier alpha value is -5.04. The standard InChI is InChI=1S/C36H39N7O5/c1-39-14-16-41(17-15-39)22-31(44)40(2)27-11-9-25(10-12-27)38-33(23-6-4-3-5-7-23)32-29-13-8-24(35(46)47)18-30(29)43(34(32)45)36(48)42-21-26-19-28(42)20-37-26/h3-13,18,26,28,37,45H,14-17,19-22H2,1-2H3,(H,46,47)/t26-,28-/m0/s1. The minimum Gasteiger partial charge on any atom is -0.494 e. The zero-order chi connectivity index (χ0) is 33.5. The highest BCUT2D eigenvalue weighted by Gasteiger charge is 2.42. The number of amides is 2. The van der Waals surface area contributed by atoms with E-state index >= 15 is 0 Å². The number of nitrogens with zero attached hydrogens (tertiary/aromatic N) is 6. The number of piperazine rings is 2. The number of aliphatic imine (C=N–C) groups is 1. The van der Waals surface area contributed by atoms with E-state index in [1.165, 1.54) is 16.7 Å². The summed E-state index contributed by atoms with van der Waals surface area (Å²) in [4.78, 5) is 51.9. The Morgan fingerprint density at radius 3 is 2.33 bits per heavy atom. The highest BCUT2D eigenvalue weighted by atomic mass is 16.4. The quantitative estimate of drug-likeness (QED) is 0.260. The van der Waals surface area contributed by atoms with Gasteiger partial charge in [-0.3, -0.25) is 9.69 Å². The van der Waals surface area contributed by atoms with Crippen LogP contribution in [0, 0.1) is 0 Å². The number of rotatable bonds is 7. The first-order chi connectivity index (χ1) is 23.2. The molecule has 3 saturated heterocycles. The number of carboxylic acids is 1. The maximum absolute atomic E-state index is 14.1. The van der Waals surface area contributed by atoms with Crippen LogP contribution in [-0.2, 0) is 4.79 Å². The number of benzene rings is 3. The largest absolute Gasteiger partial charge is 0.494 e. The Balaban J connectivity index is 1.26. The second-order valence-corrected chi connectivity index (χ2v) is 12.9. The lowest BCUT2D eigenvalue weighted by Gasteiger charge is -2.32. The number of likely N-dealkylation sites (tertiary alicyclic amines) is 1. The van der Waals surface area contributed by atoms with Crippen LogP contribution in [0.15, 0.2) is 77.8 Å². The zero-order valence-electron chi connectivity index (χ0n) is 27.0. The topological polar surface area (TPSA) is 134 Å². The van der Waals surface area contributed by atoms with Gasteiger partial charge in [0.15, 0.2) is 0 Å². The molecule has 3 fully saturated rings. The lowest BCUT2D eigenvalue weighted by atomic mass is 10.00. The van der Waals surface area contributed by atoms with Crippen LogP contribution in [0.5, 0.6) is 5.88 Å². The highest BCUT2D eigenvalue weighted by Crippen LogP contribution is 2.37. The van der Waals surface area contributed by atoms with Crippen molar-refractivity contribution in [3.63, 3.8) is 0 Å². The molecule has 3 aromatic carbocycles. The van der Waals surface area contributed by atoms with Gasteiger partial charge in [0.1, 0.15) is 0 Å². The molecular formula is C36H39N7O5. The molecule has 0 unspecified atom stereocenters. The van der Waals surface area contributed by atoms with Gasteiger partial charge in [-0.2, -0.15) is 0 Å². The smallest absolute Gasteiger partial charge is 0.335 e. The van der Waals surface area contributed by atoms with Crippen molar-refractivity contribution >= 4 is 45.9 Å². The molecule has 248 valence electrons. The molecule has 2 amide bonds. The van der Waals surface area contributed by atoms with E-state index in [0.717, 1.165) is 38.3 Å². The Bertz CT molecular complexity index is 1900. The zero-order valence-corrected chi connectivity index (χ0v) is 27.0. The minimum atomic E-state index is -1.13. The summed E-state index contributed by atoms with van der Waals surface area (Å²) in [7, 11) is 3.85. The number of anilines is 1. The van der Waals surface area contributed by atoms with E-state index in [1.54, 1.807) is 22.9 Å². The van der Waals surface area contributed by atoms with E-state index in [-0.39, 0.29) is 29.4 Å². The molecule has 7 rings (SSSR count). The molecule has 2 bridgehead atoms. The number of fused-ring (bicyclic) bond motifs is 3. The second kappa shape index (κ2) is 12.9. The summed E-state index contributed by atoms with van der Waals surface area (Å²) in [6.07, 6.45) is 0.836. The predicted octanol–water partition coefficient (Wildman–Crippen LogP) is 3.44. The third-order valence-corrected chi connectivity index (χ3v) is 9.77. The van der Waals surface area contributed by atoms with Crippen LogP contribution in [0.4, 0.5) is 16.2 Å². The average molecular weight is 650 g/mol. The van der Waals surface area contributed by atoms with Crippen LogP contribution in [0.3, 0.4) is 0 Å². The Morgan fingerprint density at radius 1 is 0.958 bits per heavy atom. The number of aromatic carboxylic acids is 1. The van der Waals surface area contributed by atoms with Gasteiger partial charge >= 0.3 is 12.0 Å². The van der Waals surface area contributed by atoms with Crippen LogP contribution < -0.4 is 10.2 Å². The number of carbonyl (C=O) groups excluding carboxylic acids is 2. The summed E-state index contributed by atoms with van der Waals surface area (Å²) in [5.41, 5.74) is 3.06. The summed E-state index contributed by atoms with van der Waals surface area (Å²) in [6, 6.07) is 21.0. The average Bonchev–Trinajstić information content (AvgIpc) is 3.81. The molecule has 0 spiro atoms. The van der Waals surface area contributed by atoms with Crippen LogP contribution in [0.1, 0.15) is 27.9 Å². The maximum atomic E-state index is 14.1. The van der Waals surface area contributed by atoms with E-state index in [0.29, 0.717) is 53.1 Å². The van der Waals surface area contributed by atoms with E-state index in [2.05, 4.69) is 22.2 Å². The fourth-order valence-corrected chi connectivity index (χ4v) is 6.95. The van der Waals surface area contributed by atoms with Crippen molar-refractivity contribution in [2.45, 2.75) is 18.5 Å². The molecule has 4 aromatic rings. The van der Waals surface area contributed by atoms with Crippen molar-refractivity contribution in [2.75, 3.05) is 64.8 Å². The van der Waals surface area contributed by atoms with Gasteiger partial charge in [-0.25, -0.2) is 19.1 Å². The van der Waals surface area contributed by atoms with E-state index in [9.17, 15) is 24.6 Å². The van der Waals surface area contributed by atoms with E-state index < -0.39 is 12.0 Å². The third-order valence-electron chi connectivity index (χ3n) is 9.77. The van der Waals surface area contributed by atoms with Crippen LogP contribution in [0.2, 0.25) is 0 Å².